The van der Waals surface area contributed by atoms with Crippen molar-refractivity contribution >= 4 is 0 Å². The molecular formula is C14H31N3. The molecule has 0 spiro atoms. The Morgan fingerprint density at radius 2 is 1.94 bits per heavy atom. The van der Waals surface area contributed by atoms with Gasteiger partial charge in [-0.3, -0.25) is 9.80 Å². The van der Waals surface area contributed by atoms with Gasteiger partial charge < -0.3 is 5.32 Å². The monoisotopic (exact) mass is 241 g/mol. The maximum absolute atomic E-state index is 3.57. The molecule has 3 nitrogen and oxygen atoms in total. The van der Waals surface area contributed by atoms with Crippen LogP contribution in [0.5, 0.6) is 0 Å². The lowest BCUT2D eigenvalue weighted by molar-refractivity contribution is 0.0159. The van der Waals surface area contributed by atoms with Gasteiger partial charge in [-0.1, -0.05) is 13.8 Å². The van der Waals surface area contributed by atoms with Crippen LogP contribution in [0.15, 0.2) is 0 Å². The lowest BCUT2D eigenvalue weighted by Crippen LogP contribution is -2.60. The summed E-state index contributed by atoms with van der Waals surface area (Å²) < 4.78 is 0. The highest BCUT2D eigenvalue weighted by Crippen LogP contribution is 2.21. The highest BCUT2D eigenvalue weighted by molar-refractivity contribution is 4.91. The van der Waals surface area contributed by atoms with Crippen LogP contribution in [-0.4, -0.2) is 61.2 Å². The fraction of sp³-hybridized carbons (Fsp3) is 1.00. The Bertz CT molecular complexity index is 216. The highest BCUT2D eigenvalue weighted by Gasteiger charge is 2.33. The minimum Gasteiger partial charge on any atom is -0.315 e. The SMILES string of the molecule is CCCNCC(CC)N1CCN(C)C(C)(C)C1. The molecule has 1 unspecified atom stereocenters. The molecule has 1 rings (SSSR count). The maximum atomic E-state index is 3.57. The zero-order valence-corrected chi connectivity index (χ0v) is 12.4. The topological polar surface area (TPSA) is 18.5 Å². The van der Waals surface area contributed by atoms with Gasteiger partial charge in [0.2, 0.25) is 0 Å². The largest absolute Gasteiger partial charge is 0.315 e. The van der Waals surface area contributed by atoms with Crippen molar-refractivity contribution in [3.8, 4) is 0 Å². The molecule has 1 saturated heterocycles. The molecule has 1 aliphatic heterocycles. The van der Waals surface area contributed by atoms with Crippen LogP contribution in [0.2, 0.25) is 0 Å². The molecule has 1 N–H and O–H groups in total. The van der Waals surface area contributed by atoms with E-state index in [9.17, 15) is 0 Å². The Morgan fingerprint density at radius 3 is 2.47 bits per heavy atom. The van der Waals surface area contributed by atoms with E-state index in [-0.39, 0.29) is 0 Å². The summed E-state index contributed by atoms with van der Waals surface area (Å²) in [6, 6.07) is 0.703. The second-order valence-corrected chi connectivity index (χ2v) is 5.97. The van der Waals surface area contributed by atoms with E-state index in [1.54, 1.807) is 0 Å². The van der Waals surface area contributed by atoms with Gasteiger partial charge in [0.25, 0.3) is 0 Å². The number of hydrogen-bond donors (Lipinski definition) is 1. The Hall–Kier alpha value is -0.120. The van der Waals surface area contributed by atoms with Gasteiger partial charge in [-0.25, -0.2) is 0 Å². The molecule has 102 valence electrons. The van der Waals surface area contributed by atoms with Gasteiger partial charge in [0.05, 0.1) is 0 Å². The molecule has 1 atom stereocenters. The summed E-state index contributed by atoms with van der Waals surface area (Å²) in [7, 11) is 2.24. The number of piperazine rings is 1. The van der Waals surface area contributed by atoms with Crippen molar-refractivity contribution in [3.63, 3.8) is 0 Å². The van der Waals surface area contributed by atoms with Gasteiger partial charge in [0.15, 0.2) is 0 Å². The van der Waals surface area contributed by atoms with E-state index < -0.39 is 0 Å². The summed E-state index contributed by atoms with van der Waals surface area (Å²) in [6.45, 7) is 15.1. The molecule has 1 heterocycles. The van der Waals surface area contributed by atoms with Crippen LogP contribution in [0.4, 0.5) is 0 Å². The molecule has 0 aliphatic carbocycles. The highest BCUT2D eigenvalue weighted by atomic mass is 15.3. The van der Waals surface area contributed by atoms with Gasteiger partial charge in [0, 0.05) is 37.8 Å². The van der Waals surface area contributed by atoms with E-state index in [1.807, 2.05) is 0 Å². The van der Waals surface area contributed by atoms with E-state index in [2.05, 4.69) is 49.9 Å². The Morgan fingerprint density at radius 1 is 1.24 bits per heavy atom. The van der Waals surface area contributed by atoms with Gasteiger partial charge >= 0.3 is 0 Å². The third kappa shape index (κ3) is 4.23. The third-order valence-electron chi connectivity index (χ3n) is 4.14. The van der Waals surface area contributed by atoms with Crippen molar-refractivity contribution in [2.75, 3.05) is 39.8 Å². The second-order valence-electron chi connectivity index (χ2n) is 5.97. The molecule has 1 aliphatic rings. The van der Waals surface area contributed by atoms with Crippen LogP contribution >= 0.6 is 0 Å². The third-order valence-corrected chi connectivity index (χ3v) is 4.14. The molecular weight excluding hydrogens is 210 g/mol. The molecule has 3 heteroatoms. The number of nitrogens with one attached hydrogen (secondary N) is 1. The standard InChI is InChI=1S/C14H31N3/c1-6-8-15-11-13(7-2)17-10-9-16(5)14(3,4)12-17/h13,15H,6-12H2,1-5H3. The fourth-order valence-corrected chi connectivity index (χ4v) is 2.57. The first-order valence-electron chi connectivity index (χ1n) is 7.17. The molecule has 0 amide bonds. The maximum Gasteiger partial charge on any atom is 0.0277 e. The summed E-state index contributed by atoms with van der Waals surface area (Å²) in [6.07, 6.45) is 2.47. The lowest BCUT2D eigenvalue weighted by Gasteiger charge is -2.48. The fourth-order valence-electron chi connectivity index (χ4n) is 2.57. The van der Waals surface area contributed by atoms with E-state index in [0.29, 0.717) is 11.6 Å². The number of nitrogens with zero attached hydrogens (tertiary/aromatic N) is 2. The van der Waals surface area contributed by atoms with E-state index in [4.69, 9.17) is 0 Å². The average Bonchev–Trinajstić information content (AvgIpc) is 2.28. The van der Waals surface area contributed by atoms with Gasteiger partial charge in [-0.2, -0.15) is 0 Å². The zero-order valence-electron chi connectivity index (χ0n) is 12.4. The van der Waals surface area contributed by atoms with Gasteiger partial charge in [0.1, 0.15) is 0 Å². The van der Waals surface area contributed by atoms with Crippen LogP contribution in [0.3, 0.4) is 0 Å². The predicted molar refractivity (Wildman–Crippen MR) is 75.5 cm³/mol. The van der Waals surface area contributed by atoms with Crippen molar-refractivity contribution in [1.82, 2.24) is 15.1 Å². The molecule has 0 aromatic rings. The zero-order chi connectivity index (χ0) is 12.9. The summed E-state index contributed by atoms with van der Waals surface area (Å²) in [5.74, 6) is 0. The Balaban J connectivity index is 2.46. The molecule has 1 fully saturated rings. The minimum absolute atomic E-state index is 0.316. The number of likely N-dealkylation sites (N-methyl/N-ethyl adjacent to an activating group) is 1. The first-order chi connectivity index (χ1) is 8.01. The van der Waals surface area contributed by atoms with Crippen molar-refractivity contribution in [1.29, 1.82) is 0 Å². The summed E-state index contributed by atoms with van der Waals surface area (Å²) >= 11 is 0. The van der Waals surface area contributed by atoms with Gasteiger partial charge in [-0.15, -0.1) is 0 Å². The van der Waals surface area contributed by atoms with E-state index in [1.165, 1.54) is 32.5 Å². The smallest absolute Gasteiger partial charge is 0.0277 e. The number of rotatable bonds is 6. The molecule has 0 saturated carbocycles. The summed E-state index contributed by atoms with van der Waals surface area (Å²) in [5.41, 5.74) is 0.316. The lowest BCUT2D eigenvalue weighted by atomic mass is 9.97. The molecule has 0 aromatic carbocycles. The minimum atomic E-state index is 0.316. The summed E-state index contributed by atoms with van der Waals surface area (Å²) in [5, 5.41) is 3.57. The van der Waals surface area contributed by atoms with Crippen LogP contribution in [0.1, 0.15) is 40.5 Å². The van der Waals surface area contributed by atoms with Crippen LogP contribution in [0, 0.1) is 0 Å². The van der Waals surface area contributed by atoms with Crippen molar-refractivity contribution in [2.45, 2.75) is 52.1 Å². The molecule has 0 bridgehead atoms. The second kappa shape index (κ2) is 6.72. The first-order valence-corrected chi connectivity index (χ1v) is 7.17. The van der Waals surface area contributed by atoms with Crippen molar-refractivity contribution < 1.29 is 0 Å². The van der Waals surface area contributed by atoms with Crippen molar-refractivity contribution in [2.24, 2.45) is 0 Å². The van der Waals surface area contributed by atoms with Crippen molar-refractivity contribution in [3.05, 3.63) is 0 Å². The normalized spacial score (nSPS) is 23.8. The van der Waals surface area contributed by atoms with Crippen LogP contribution in [0.25, 0.3) is 0 Å². The van der Waals surface area contributed by atoms with E-state index >= 15 is 0 Å². The Labute approximate surface area is 108 Å². The summed E-state index contributed by atoms with van der Waals surface area (Å²) in [4.78, 5) is 5.15. The van der Waals surface area contributed by atoms with Crippen LogP contribution in [-0.2, 0) is 0 Å². The van der Waals surface area contributed by atoms with E-state index in [0.717, 1.165) is 13.1 Å². The quantitative estimate of drug-likeness (QED) is 0.715. The number of hydrogen-bond acceptors (Lipinski definition) is 3. The molecule has 0 aromatic heterocycles. The molecule has 17 heavy (non-hydrogen) atoms. The van der Waals surface area contributed by atoms with Gasteiger partial charge in [-0.05, 0) is 40.3 Å². The first kappa shape index (κ1) is 14.9. The Kier molecular flexibility index (Phi) is 5.90. The molecule has 0 radical (unpaired) electrons. The van der Waals surface area contributed by atoms with Crippen LogP contribution < -0.4 is 5.32 Å². The predicted octanol–water partition coefficient (Wildman–Crippen LogP) is 1.79. The average molecular weight is 241 g/mol.